The fraction of sp³-hybridized carbons (Fsp3) is 0.222. The van der Waals surface area contributed by atoms with E-state index in [1.807, 2.05) is 0 Å². The molecule has 1 aromatic heterocycles. The van der Waals surface area contributed by atoms with Crippen molar-refractivity contribution >= 4 is 28.6 Å². The van der Waals surface area contributed by atoms with Gasteiger partial charge in [0, 0.05) is 6.20 Å². The number of ether oxygens (including phenoxy) is 1. The first kappa shape index (κ1) is 12.8. The Kier molecular flexibility index (Phi) is 4.12. The molecule has 0 N–H and O–H groups in total. The van der Waals surface area contributed by atoms with Crippen LogP contribution in [-0.4, -0.2) is 18.1 Å². The summed E-state index contributed by atoms with van der Waals surface area (Å²) in [7, 11) is 1.10. The summed E-state index contributed by atoms with van der Waals surface area (Å²) in [5.74, 6) is -0.859. The summed E-state index contributed by atoms with van der Waals surface area (Å²) >= 11 is 1.58. The van der Waals surface area contributed by atoms with Gasteiger partial charge in [0.25, 0.3) is 6.43 Å². The Morgan fingerprint density at radius 2 is 2.31 bits per heavy atom. The van der Waals surface area contributed by atoms with E-state index in [0.29, 0.717) is 0 Å². The fourth-order valence-electron chi connectivity index (χ4n) is 1.09. The molecule has 16 heavy (non-hydrogen) atoms. The molecule has 0 spiro atoms. The van der Waals surface area contributed by atoms with Crippen molar-refractivity contribution in [3.63, 3.8) is 0 Å². The first-order valence-corrected chi connectivity index (χ1v) is 5.05. The number of esters is 1. The highest BCUT2D eigenvalue weighted by Crippen LogP contribution is 2.28. The molecule has 1 heterocycles. The van der Waals surface area contributed by atoms with Crippen LogP contribution < -0.4 is 0 Å². The molecule has 7 heteroatoms. The lowest BCUT2D eigenvalue weighted by Gasteiger charge is -2.08. The van der Waals surface area contributed by atoms with Crippen LogP contribution in [0.4, 0.5) is 8.78 Å². The lowest BCUT2D eigenvalue weighted by Crippen LogP contribution is -2.09. The smallest absolute Gasteiger partial charge is 0.340 e. The van der Waals surface area contributed by atoms with E-state index in [2.05, 4.69) is 9.72 Å². The molecule has 0 saturated carbocycles. The Bertz CT molecular complexity index is 471. The summed E-state index contributed by atoms with van der Waals surface area (Å²) in [4.78, 5) is 14.9. The quantitative estimate of drug-likeness (QED) is 0.472. The van der Waals surface area contributed by atoms with Crippen LogP contribution in [0.25, 0.3) is 0 Å². The van der Waals surface area contributed by atoms with Crippen molar-refractivity contribution in [1.82, 2.24) is 4.98 Å². The number of rotatable bonds is 2. The minimum atomic E-state index is -2.86. The Balaban J connectivity index is 3.51. The van der Waals surface area contributed by atoms with Gasteiger partial charge >= 0.3 is 5.97 Å². The molecule has 0 radical (unpaired) electrons. The molecular formula is C9H5F2IN2O2. The molecule has 0 atom stereocenters. The van der Waals surface area contributed by atoms with Crippen molar-refractivity contribution in [1.29, 1.82) is 5.26 Å². The fourth-order valence-corrected chi connectivity index (χ4v) is 1.73. The molecule has 0 aliphatic rings. The maximum Gasteiger partial charge on any atom is 0.340 e. The zero-order valence-corrected chi connectivity index (χ0v) is 10.2. The van der Waals surface area contributed by atoms with Crippen LogP contribution in [0.3, 0.4) is 0 Å². The number of hydrogen-bond acceptors (Lipinski definition) is 4. The van der Waals surface area contributed by atoms with Gasteiger partial charge < -0.3 is 4.74 Å². The summed E-state index contributed by atoms with van der Waals surface area (Å²) in [6.45, 7) is 0. The number of halogens is 3. The van der Waals surface area contributed by atoms with E-state index in [0.717, 1.165) is 13.3 Å². The number of carbonyl (C=O) groups excluding carboxylic acids is 1. The number of aromatic nitrogens is 1. The molecule has 0 aliphatic heterocycles. The highest BCUT2D eigenvalue weighted by Gasteiger charge is 2.24. The van der Waals surface area contributed by atoms with Crippen molar-refractivity contribution in [2.45, 2.75) is 6.43 Å². The van der Waals surface area contributed by atoms with Crippen LogP contribution in [0.15, 0.2) is 6.20 Å². The number of hydrogen-bond donors (Lipinski definition) is 0. The van der Waals surface area contributed by atoms with Gasteiger partial charge in [-0.05, 0) is 22.6 Å². The molecule has 1 aromatic rings. The molecule has 0 aliphatic carbocycles. The van der Waals surface area contributed by atoms with Gasteiger partial charge in [0.05, 0.1) is 23.8 Å². The van der Waals surface area contributed by atoms with Gasteiger partial charge in [-0.25, -0.2) is 18.6 Å². The summed E-state index contributed by atoms with van der Waals surface area (Å²) < 4.78 is 29.7. The van der Waals surface area contributed by atoms with Crippen molar-refractivity contribution in [2.24, 2.45) is 0 Å². The van der Waals surface area contributed by atoms with Gasteiger partial charge in [-0.1, -0.05) is 0 Å². The predicted octanol–water partition coefficient (Wildman–Crippen LogP) is 2.28. The van der Waals surface area contributed by atoms with E-state index in [-0.39, 0.29) is 14.8 Å². The number of alkyl halides is 2. The van der Waals surface area contributed by atoms with Crippen LogP contribution in [0.2, 0.25) is 0 Å². The molecule has 0 saturated heterocycles. The van der Waals surface area contributed by atoms with Crippen LogP contribution in [0.1, 0.15) is 27.9 Å². The van der Waals surface area contributed by atoms with E-state index in [4.69, 9.17) is 5.26 Å². The van der Waals surface area contributed by atoms with Gasteiger partial charge in [0.15, 0.2) is 0 Å². The van der Waals surface area contributed by atoms with E-state index in [9.17, 15) is 13.6 Å². The monoisotopic (exact) mass is 338 g/mol. The van der Waals surface area contributed by atoms with E-state index >= 15 is 0 Å². The number of methoxy groups -OCH3 is 1. The lowest BCUT2D eigenvalue weighted by atomic mass is 10.1. The molecule has 4 nitrogen and oxygen atoms in total. The van der Waals surface area contributed by atoms with Gasteiger partial charge in [-0.3, -0.25) is 0 Å². The second kappa shape index (κ2) is 5.16. The Labute approximate surface area is 103 Å². The molecule has 0 aromatic carbocycles. The highest BCUT2D eigenvalue weighted by molar-refractivity contribution is 14.1. The Morgan fingerprint density at radius 1 is 1.69 bits per heavy atom. The molecule has 0 unspecified atom stereocenters. The number of nitrogens with zero attached hydrogens (tertiary/aromatic N) is 2. The van der Waals surface area contributed by atoms with Gasteiger partial charge in [-0.2, -0.15) is 5.26 Å². The minimum Gasteiger partial charge on any atom is -0.465 e. The summed E-state index contributed by atoms with van der Waals surface area (Å²) in [5, 5.41) is 8.79. The summed E-state index contributed by atoms with van der Waals surface area (Å²) in [5.41, 5.74) is -1.17. The standard InChI is InChI=1S/C9H5F2IN2O2/c1-16-9(15)5-3-14-8(12)6(7(10)11)4(5)2-13/h3,7H,1H3. The second-order valence-corrected chi connectivity index (χ2v) is 3.68. The van der Waals surface area contributed by atoms with Crippen LogP contribution in [-0.2, 0) is 4.74 Å². The van der Waals surface area contributed by atoms with E-state index < -0.39 is 18.0 Å². The van der Waals surface area contributed by atoms with Crippen molar-refractivity contribution in [3.8, 4) is 6.07 Å². The molecule has 1 rings (SSSR count). The van der Waals surface area contributed by atoms with E-state index in [1.165, 1.54) is 0 Å². The van der Waals surface area contributed by atoms with Crippen molar-refractivity contribution in [2.75, 3.05) is 7.11 Å². The van der Waals surface area contributed by atoms with E-state index in [1.54, 1.807) is 28.7 Å². The first-order chi connectivity index (χ1) is 7.52. The largest absolute Gasteiger partial charge is 0.465 e. The molecular weight excluding hydrogens is 333 g/mol. The van der Waals surface area contributed by atoms with Gasteiger partial charge in [-0.15, -0.1) is 0 Å². The third-order valence-corrected chi connectivity index (χ3v) is 2.66. The maximum atomic E-state index is 12.7. The average Bonchev–Trinajstić information content (AvgIpc) is 2.26. The number of carbonyl (C=O) groups is 1. The molecule has 0 fully saturated rings. The first-order valence-electron chi connectivity index (χ1n) is 3.97. The Hall–Kier alpha value is -1.30. The van der Waals surface area contributed by atoms with Gasteiger partial charge in [0.2, 0.25) is 0 Å². The van der Waals surface area contributed by atoms with Gasteiger partial charge in [0.1, 0.15) is 9.77 Å². The normalized spacial score (nSPS) is 10.0. The highest BCUT2D eigenvalue weighted by atomic mass is 127. The average molecular weight is 338 g/mol. The number of pyridine rings is 1. The maximum absolute atomic E-state index is 12.7. The minimum absolute atomic E-state index is 0.00296. The third kappa shape index (κ3) is 2.27. The molecule has 0 amide bonds. The van der Waals surface area contributed by atoms with Crippen LogP contribution >= 0.6 is 22.6 Å². The zero-order chi connectivity index (χ0) is 12.3. The SMILES string of the molecule is COC(=O)c1cnc(I)c(C(F)F)c1C#N. The summed E-state index contributed by atoms with van der Waals surface area (Å²) in [6, 6.07) is 1.58. The third-order valence-electron chi connectivity index (χ3n) is 1.80. The number of nitriles is 1. The van der Waals surface area contributed by atoms with Crippen molar-refractivity contribution < 1.29 is 18.3 Å². The Morgan fingerprint density at radius 3 is 2.75 bits per heavy atom. The zero-order valence-electron chi connectivity index (χ0n) is 8.00. The predicted molar refractivity (Wildman–Crippen MR) is 58.0 cm³/mol. The lowest BCUT2D eigenvalue weighted by molar-refractivity contribution is 0.0599. The van der Waals surface area contributed by atoms with Crippen LogP contribution in [0, 0.1) is 15.0 Å². The molecule has 0 bridgehead atoms. The summed E-state index contributed by atoms with van der Waals surface area (Å²) in [6.07, 6.45) is -1.81. The second-order valence-electron chi connectivity index (χ2n) is 2.66. The van der Waals surface area contributed by atoms with Crippen LogP contribution in [0.5, 0.6) is 0 Å². The molecule has 84 valence electrons. The topological polar surface area (TPSA) is 63.0 Å². The van der Waals surface area contributed by atoms with Crippen molar-refractivity contribution in [3.05, 3.63) is 26.6 Å².